The SMILES string of the molecule is CC/C=C\C/C=C\C/C=C\C/C=C\C/C=C\C/C=C\CCCCC(=O)OCC(COC(=O)CCCCCCCCC/C=C\C/C=C\CCCCC)OC(=O)CCCCCCCC/C=C\C/C=C\C/C=C\CCCCC. The van der Waals surface area contributed by atoms with E-state index in [1.54, 1.807) is 0 Å². The molecule has 6 nitrogen and oxygen atoms in total. The molecule has 6 heteroatoms. The quantitative estimate of drug-likeness (QED) is 0.0261. The van der Waals surface area contributed by atoms with E-state index < -0.39 is 6.10 Å². The fourth-order valence-corrected chi connectivity index (χ4v) is 8.01. The molecule has 0 fully saturated rings. The lowest BCUT2D eigenvalue weighted by molar-refractivity contribution is -0.167. The van der Waals surface area contributed by atoms with Crippen molar-refractivity contribution in [2.24, 2.45) is 0 Å². The second-order valence-corrected chi connectivity index (χ2v) is 19.9. The van der Waals surface area contributed by atoms with Crippen LogP contribution in [-0.2, 0) is 28.6 Å². The molecule has 0 aliphatic heterocycles. The van der Waals surface area contributed by atoms with Gasteiger partial charge in [-0.15, -0.1) is 0 Å². The highest BCUT2D eigenvalue weighted by atomic mass is 16.6. The first-order valence-corrected chi connectivity index (χ1v) is 30.7. The van der Waals surface area contributed by atoms with Crippen LogP contribution in [-0.4, -0.2) is 37.2 Å². The van der Waals surface area contributed by atoms with Crippen LogP contribution in [0.15, 0.2) is 134 Å². The maximum absolute atomic E-state index is 12.9. The molecule has 0 aromatic carbocycles. The van der Waals surface area contributed by atoms with Crippen LogP contribution in [0.2, 0.25) is 0 Å². The summed E-state index contributed by atoms with van der Waals surface area (Å²) in [6, 6.07) is 0. The fourth-order valence-electron chi connectivity index (χ4n) is 8.01. The summed E-state index contributed by atoms with van der Waals surface area (Å²) < 4.78 is 16.9. The Bertz CT molecular complexity index is 1620. The van der Waals surface area contributed by atoms with Crippen LogP contribution in [0.1, 0.15) is 265 Å². The van der Waals surface area contributed by atoms with Crippen LogP contribution >= 0.6 is 0 Å². The average molecular weight is 1040 g/mol. The highest BCUT2D eigenvalue weighted by molar-refractivity contribution is 5.71. The smallest absolute Gasteiger partial charge is 0.306 e. The van der Waals surface area contributed by atoms with Gasteiger partial charge in [0.15, 0.2) is 6.10 Å². The summed E-state index contributed by atoms with van der Waals surface area (Å²) >= 11 is 0. The molecule has 0 heterocycles. The molecule has 0 spiro atoms. The molecule has 1 atom stereocenters. The van der Waals surface area contributed by atoms with E-state index in [0.29, 0.717) is 25.7 Å². The van der Waals surface area contributed by atoms with Crippen molar-refractivity contribution in [2.45, 2.75) is 271 Å². The van der Waals surface area contributed by atoms with Crippen LogP contribution in [0, 0.1) is 0 Å². The Hall–Kier alpha value is -4.45. The highest BCUT2D eigenvalue weighted by Gasteiger charge is 2.19. The van der Waals surface area contributed by atoms with Gasteiger partial charge in [0, 0.05) is 19.3 Å². The van der Waals surface area contributed by atoms with Crippen molar-refractivity contribution in [1.82, 2.24) is 0 Å². The van der Waals surface area contributed by atoms with Gasteiger partial charge in [-0.25, -0.2) is 0 Å². The lowest BCUT2D eigenvalue weighted by atomic mass is 10.1. The van der Waals surface area contributed by atoms with Crippen molar-refractivity contribution >= 4 is 17.9 Å². The van der Waals surface area contributed by atoms with Gasteiger partial charge in [-0.05, 0) is 141 Å². The molecule has 1 unspecified atom stereocenters. The monoisotopic (exact) mass is 1040 g/mol. The summed E-state index contributed by atoms with van der Waals surface area (Å²) in [6.07, 6.45) is 87.2. The van der Waals surface area contributed by atoms with Gasteiger partial charge in [0.25, 0.3) is 0 Å². The van der Waals surface area contributed by atoms with Crippen LogP contribution in [0.4, 0.5) is 0 Å². The first kappa shape index (κ1) is 70.5. The predicted octanol–water partition coefficient (Wildman–Crippen LogP) is 21.0. The number of rotatable bonds is 54. The van der Waals surface area contributed by atoms with Crippen molar-refractivity contribution in [3.63, 3.8) is 0 Å². The molecule has 0 N–H and O–H groups in total. The third kappa shape index (κ3) is 60.3. The Morgan fingerprint density at radius 2 is 0.520 bits per heavy atom. The van der Waals surface area contributed by atoms with Crippen LogP contribution in [0.3, 0.4) is 0 Å². The second kappa shape index (κ2) is 62.1. The molecule has 0 rings (SSSR count). The van der Waals surface area contributed by atoms with Crippen molar-refractivity contribution in [1.29, 1.82) is 0 Å². The van der Waals surface area contributed by atoms with E-state index in [-0.39, 0.29) is 31.1 Å². The zero-order valence-electron chi connectivity index (χ0n) is 48.5. The molecule has 424 valence electrons. The maximum Gasteiger partial charge on any atom is 0.306 e. The summed E-state index contributed by atoms with van der Waals surface area (Å²) in [5.74, 6) is -0.971. The van der Waals surface area contributed by atoms with Gasteiger partial charge in [-0.1, -0.05) is 238 Å². The second-order valence-electron chi connectivity index (χ2n) is 19.9. The van der Waals surface area contributed by atoms with Gasteiger partial charge in [0.2, 0.25) is 0 Å². The van der Waals surface area contributed by atoms with E-state index in [9.17, 15) is 14.4 Å². The van der Waals surface area contributed by atoms with Crippen LogP contribution in [0.25, 0.3) is 0 Å². The highest BCUT2D eigenvalue weighted by Crippen LogP contribution is 2.14. The zero-order chi connectivity index (χ0) is 54.3. The number of esters is 3. The maximum atomic E-state index is 12.9. The van der Waals surface area contributed by atoms with E-state index in [2.05, 4.69) is 154 Å². The lowest BCUT2D eigenvalue weighted by Gasteiger charge is -2.18. The molecule has 0 radical (unpaired) electrons. The Morgan fingerprint density at radius 3 is 0.840 bits per heavy atom. The first-order valence-electron chi connectivity index (χ1n) is 30.7. The van der Waals surface area contributed by atoms with Crippen molar-refractivity contribution in [3.8, 4) is 0 Å². The van der Waals surface area contributed by atoms with E-state index in [1.807, 2.05) is 0 Å². The lowest BCUT2D eigenvalue weighted by Crippen LogP contribution is -2.30. The number of ether oxygens (including phenoxy) is 3. The van der Waals surface area contributed by atoms with Crippen molar-refractivity contribution < 1.29 is 28.6 Å². The van der Waals surface area contributed by atoms with Crippen molar-refractivity contribution in [3.05, 3.63) is 134 Å². The molecule has 0 aromatic rings. The van der Waals surface area contributed by atoms with Gasteiger partial charge in [-0.2, -0.15) is 0 Å². The number of allylic oxidation sites excluding steroid dienone is 22. The number of carbonyl (C=O) groups excluding carboxylic acids is 3. The van der Waals surface area contributed by atoms with Crippen molar-refractivity contribution in [2.75, 3.05) is 13.2 Å². The van der Waals surface area contributed by atoms with Gasteiger partial charge in [0.05, 0.1) is 0 Å². The minimum absolute atomic E-state index is 0.106. The Kier molecular flexibility index (Phi) is 58.4. The van der Waals surface area contributed by atoms with Gasteiger partial charge in [-0.3, -0.25) is 14.4 Å². The van der Waals surface area contributed by atoms with E-state index >= 15 is 0 Å². The number of hydrogen-bond acceptors (Lipinski definition) is 6. The Labute approximate surface area is 462 Å². The zero-order valence-corrected chi connectivity index (χ0v) is 48.5. The summed E-state index contributed by atoms with van der Waals surface area (Å²) in [4.78, 5) is 38.3. The fraction of sp³-hybridized carbons (Fsp3) is 0.638. The summed E-state index contributed by atoms with van der Waals surface area (Å²) in [5.41, 5.74) is 0. The number of carbonyl (C=O) groups is 3. The third-order valence-corrected chi connectivity index (χ3v) is 12.6. The minimum Gasteiger partial charge on any atom is -0.462 e. The molecular formula is C69H112O6. The molecule has 0 aliphatic rings. The van der Waals surface area contributed by atoms with Gasteiger partial charge >= 0.3 is 17.9 Å². The molecule has 75 heavy (non-hydrogen) atoms. The predicted molar refractivity (Wildman–Crippen MR) is 325 cm³/mol. The Balaban J connectivity index is 4.53. The van der Waals surface area contributed by atoms with E-state index in [1.165, 1.54) is 89.9 Å². The first-order chi connectivity index (χ1) is 37.0. The van der Waals surface area contributed by atoms with Gasteiger partial charge < -0.3 is 14.2 Å². The molecule has 0 aliphatic carbocycles. The third-order valence-electron chi connectivity index (χ3n) is 12.6. The largest absolute Gasteiger partial charge is 0.462 e. The molecule has 0 aromatic heterocycles. The molecule has 0 saturated carbocycles. The van der Waals surface area contributed by atoms with E-state index in [0.717, 1.165) is 128 Å². The molecule has 0 saturated heterocycles. The molecule has 0 bridgehead atoms. The Morgan fingerprint density at radius 1 is 0.280 bits per heavy atom. The average Bonchev–Trinajstić information content (AvgIpc) is 3.41. The minimum atomic E-state index is -0.813. The summed E-state index contributed by atoms with van der Waals surface area (Å²) in [6.45, 7) is 6.42. The number of unbranched alkanes of at least 4 members (excludes halogenated alkanes) is 21. The van der Waals surface area contributed by atoms with Crippen LogP contribution < -0.4 is 0 Å². The normalized spacial score (nSPS) is 13.1. The summed E-state index contributed by atoms with van der Waals surface area (Å²) in [7, 11) is 0. The molecule has 0 amide bonds. The van der Waals surface area contributed by atoms with E-state index in [4.69, 9.17) is 14.2 Å². The number of hydrogen-bond donors (Lipinski definition) is 0. The standard InChI is InChI=1S/C69H112O6/c1-4-7-10-13-16-19-22-25-28-31-33-34-36-38-41-44-47-50-53-56-59-62-68(71)74-65-66(64-73-67(70)61-58-55-52-49-46-43-40-37-30-27-24-21-18-15-12-9-6-3)75-69(72)63-60-57-54-51-48-45-42-39-35-32-29-26-23-20-17-14-11-8-5-2/h7,10,16-21,25-30,33-35,38-39,41,47,50,66H,4-6,8-9,11-15,22-24,31-32,36-37,40,42-46,48-49,51-65H2,1-3H3/b10-7-,19-16-,20-17-,21-18-,28-25-,29-26-,30-27-,34-33-,39-35-,41-38-,50-47-. The summed E-state index contributed by atoms with van der Waals surface area (Å²) in [5, 5.41) is 0. The van der Waals surface area contributed by atoms with Gasteiger partial charge in [0.1, 0.15) is 13.2 Å². The van der Waals surface area contributed by atoms with Crippen LogP contribution in [0.5, 0.6) is 0 Å². The topological polar surface area (TPSA) is 78.9 Å². The molecular weight excluding hydrogens is 925 g/mol.